The lowest BCUT2D eigenvalue weighted by molar-refractivity contribution is 0.287. The van der Waals surface area contributed by atoms with E-state index in [1.807, 2.05) is 17.5 Å². The smallest absolute Gasteiger partial charge is 0.219 e. The van der Waals surface area contributed by atoms with Gasteiger partial charge < -0.3 is 5.11 Å². The molecule has 0 aliphatic heterocycles. The van der Waals surface area contributed by atoms with Gasteiger partial charge in [0.05, 0.1) is 11.9 Å². The Bertz CT molecular complexity index is 451. The van der Waals surface area contributed by atoms with Crippen LogP contribution in [0.5, 0.6) is 0 Å². The van der Waals surface area contributed by atoms with Crippen molar-refractivity contribution in [2.24, 2.45) is 0 Å². The van der Waals surface area contributed by atoms with Gasteiger partial charge in [0.25, 0.3) is 0 Å². The fraction of sp³-hybridized carbons (Fsp3) is 0.636. The second-order valence-corrected chi connectivity index (χ2v) is 7.73. The molecule has 96 valence electrons. The fourth-order valence-electron chi connectivity index (χ4n) is 1.67. The van der Waals surface area contributed by atoms with E-state index >= 15 is 0 Å². The molecule has 1 aromatic heterocycles. The van der Waals surface area contributed by atoms with Crippen LogP contribution in [0, 0.1) is 0 Å². The highest BCUT2D eigenvalue weighted by molar-refractivity contribution is 7.89. The largest absolute Gasteiger partial charge is 0.395 e. The zero-order valence-electron chi connectivity index (χ0n) is 9.74. The Kier molecular flexibility index (Phi) is 3.87. The predicted molar refractivity (Wildman–Crippen MR) is 68.4 cm³/mol. The first-order chi connectivity index (χ1) is 8.05. The number of aliphatic hydroxyl groups excluding tert-OH is 1. The summed E-state index contributed by atoms with van der Waals surface area (Å²) in [5, 5.41) is 10.3. The van der Waals surface area contributed by atoms with E-state index in [9.17, 15) is 8.42 Å². The third-order valence-corrected chi connectivity index (χ3v) is 6.05. The highest BCUT2D eigenvalue weighted by Gasteiger charge is 2.39. The molecule has 0 bridgehead atoms. The van der Waals surface area contributed by atoms with Gasteiger partial charge in [-0.3, -0.25) is 0 Å². The van der Waals surface area contributed by atoms with Crippen LogP contribution in [0.1, 0.15) is 24.6 Å². The molecular formula is C11H17NO3S2. The maximum atomic E-state index is 12.2. The topological polar surface area (TPSA) is 57.6 Å². The number of hydrogen-bond donors (Lipinski definition) is 1. The number of nitrogens with zero attached hydrogens (tertiary/aromatic N) is 1. The lowest BCUT2D eigenvalue weighted by Gasteiger charge is -2.24. The summed E-state index contributed by atoms with van der Waals surface area (Å²) in [4.78, 5) is 1.05. The number of rotatable bonds is 6. The molecule has 1 saturated carbocycles. The molecule has 1 aliphatic carbocycles. The second kappa shape index (κ2) is 5.06. The Hall–Kier alpha value is -0.430. The molecule has 6 heteroatoms. The summed E-state index contributed by atoms with van der Waals surface area (Å²) in [7, 11) is -3.37. The third-order valence-electron chi connectivity index (χ3n) is 2.94. The van der Waals surface area contributed by atoms with Crippen molar-refractivity contribution in [2.45, 2.75) is 37.6 Å². The Morgan fingerprint density at radius 1 is 1.59 bits per heavy atom. The summed E-state index contributed by atoms with van der Waals surface area (Å²) in [5.41, 5.74) is 0. The molecule has 2 rings (SSSR count). The van der Waals surface area contributed by atoms with Gasteiger partial charge in [0.1, 0.15) is 0 Å². The van der Waals surface area contributed by atoms with Crippen LogP contribution in [-0.2, 0) is 16.6 Å². The first-order valence-corrected chi connectivity index (χ1v) is 8.08. The molecule has 1 aromatic rings. The molecule has 1 heterocycles. The minimum atomic E-state index is -3.37. The second-order valence-electron chi connectivity index (χ2n) is 4.39. The molecule has 0 radical (unpaired) electrons. The summed E-state index contributed by atoms with van der Waals surface area (Å²) < 4.78 is 26.0. The Balaban J connectivity index is 2.17. The van der Waals surface area contributed by atoms with Crippen molar-refractivity contribution in [3.8, 4) is 0 Å². The van der Waals surface area contributed by atoms with E-state index in [1.165, 1.54) is 0 Å². The van der Waals surface area contributed by atoms with E-state index in [2.05, 4.69) is 0 Å². The van der Waals surface area contributed by atoms with Crippen LogP contribution in [0.15, 0.2) is 17.5 Å². The van der Waals surface area contributed by atoms with E-state index in [4.69, 9.17) is 5.11 Å². The molecule has 1 fully saturated rings. The first-order valence-electron chi connectivity index (χ1n) is 5.69. The normalized spacial score (nSPS) is 18.5. The SMILES string of the molecule is CC(CO)S(=O)(=O)N(Cc1cccs1)C1CC1. The molecule has 1 atom stereocenters. The van der Waals surface area contributed by atoms with Crippen molar-refractivity contribution in [1.82, 2.24) is 4.31 Å². The fourth-order valence-corrected chi connectivity index (χ4v) is 4.05. The minimum absolute atomic E-state index is 0.135. The van der Waals surface area contributed by atoms with Gasteiger partial charge in [-0.05, 0) is 31.2 Å². The van der Waals surface area contributed by atoms with Gasteiger partial charge in [-0.15, -0.1) is 11.3 Å². The van der Waals surface area contributed by atoms with Gasteiger partial charge in [0.2, 0.25) is 10.0 Å². The van der Waals surface area contributed by atoms with E-state index in [0.29, 0.717) is 6.54 Å². The number of thiophene rings is 1. The monoisotopic (exact) mass is 275 g/mol. The first kappa shape index (κ1) is 13.0. The molecule has 17 heavy (non-hydrogen) atoms. The number of sulfonamides is 1. The quantitative estimate of drug-likeness (QED) is 0.854. The lowest BCUT2D eigenvalue weighted by Crippen LogP contribution is -2.39. The van der Waals surface area contributed by atoms with Crippen LogP contribution in [-0.4, -0.2) is 35.7 Å². The molecular weight excluding hydrogens is 258 g/mol. The third kappa shape index (κ3) is 2.88. The van der Waals surface area contributed by atoms with Crippen molar-refractivity contribution >= 4 is 21.4 Å². The minimum Gasteiger partial charge on any atom is -0.395 e. The average Bonchev–Trinajstić information content (AvgIpc) is 3.01. The molecule has 1 N–H and O–H groups in total. The maximum Gasteiger partial charge on any atom is 0.219 e. The van der Waals surface area contributed by atoms with E-state index < -0.39 is 15.3 Å². The summed E-state index contributed by atoms with van der Waals surface area (Å²) in [6, 6.07) is 4.00. The van der Waals surface area contributed by atoms with Crippen molar-refractivity contribution in [3.63, 3.8) is 0 Å². The molecule has 4 nitrogen and oxygen atoms in total. The van der Waals surface area contributed by atoms with Crippen LogP contribution < -0.4 is 0 Å². The Labute approximate surface area is 106 Å². The maximum absolute atomic E-state index is 12.2. The molecule has 0 spiro atoms. The molecule has 0 saturated heterocycles. The van der Waals surface area contributed by atoms with Gasteiger partial charge in [-0.1, -0.05) is 6.07 Å². The highest BCUT2D eigenvalue weighted by atomic mass is 32.2. The van der Waals surface area contributed by atoms with Gasteiger partial charge >= 0.3 is 0 Å². The number of aliphatic hydroxyl groups is 1. The van der Waals surface area contributed by atoms with Crippen LogP contribution >= 0.6 is 11.3 Å². The lowest BCUT2D eigenvalue weighted by atomic mass is 10.4. The van der Waals surface area contributed by atoms with Crippen molar-refractivity contribution in [2.75, 3.05) is 6.61 Å². The molecule has 1 unspecified atom stereocenters. The van der Waals surface area contributed by atoms with Crippen LogP contribution in [0.2, 0.25) is 0 Å². The molecule has 1 aliphatic rings. The van der Waals surface area contributed by atoms with Gasteiger partial charge in [0, 0.05) is 17.5 Å². The molecule has 0 amide bonds. The predicted octanol–water partition coefficient (Wildman–Crippen LogP) is 1.42. The van der Waals surface area contributed by atoms with Crippen LogP contribution in [0.3, 0.4) is 0 Å². The summed E-state index contributed by atoms with van der Waals surface area (Å²) in [6.07, 6.45) is 1.87. The highest BCUT2D eigenvalue weighted by Crippen LogP contribution is 2.32. The van der Waals surface area contributed by atoms with Crippen molar-refractivity contribution in [3.05, 3.63) is 22.4 Å². The zero-order valence-corrected chi connectivity index (χ0v) is 11.4. The zero-order chi connectivity index (χ0) is 12.5. The Morgan fingerprint density at radius 2 is 2.29 bits per heavy atom. The van der Waals surface area contributed by atoms with E-state index in [0.717, 1.165) is 17.7 Å². The summed E-state index contributed by atoms with van der Waals surface area (Å²) in [6.45, 7) is 1.67. The van der Waals surface area contributed by atoms with E-state index in [1.54, 1.807) is 22.6 Å². The van der Waals surface area contributed by atoms with Crippen LogP contribution in [0.4, 0.5) is 0 Å². The van der Waals surface area contributed by atoms with Crippen molar-refractivity contribution in [1.29, 1.82) is 0 Å². The summed E-state index contributed by atoms with van der Waals surface area (Å²) >= 11 is 1.56. The standard InChI is InChI=1S/C11H17NO3S2/c1-9(8-13)17(14,15)12(10-4-5-10)7-11-3-2-6-16-11/h2-3,6,9-10,13H,4-5,7-8H2,1H3. The van der Waals surface area contributed by atoms with E-state index in [-0.39, 0.29) is 12.6 Å². The number of hydrogen-bond acceptors (Lipinski definition) is 4. The van der Waals surface area contributed by atoms with Crippen molar-refractivity contribution < 1.29 is 13.5 Å². The van der Waals surface area contributed by atoms with Gasteiger partial charge in [-0.25, -0.2) is 8.42 Å². The van der Waals surface area contributed by atoms with Crippen LogP contribution in [0.25, 0.3) is 0 Å². The van der Waals surface area contributed by atoms with Gasteiger partial charge in [-0.2, -0.15) is 4.31 Å². The Morgan fingerprint density at radius 3 is 2.76 bits per heavy atom. The summed E-state index contributed by atoms with van der Waals surface area (Å²) in [5.74, 6) is 0. The average molecular weight is 275 g/mol. The van der Waals surface area contributed by atoms with Gasteiger partial charge in [0.15, 0.2) is 0 Å². The molecule has 0 aromatic carbocycles.